The monoisotopic (exact) mass is 388 g/mol. The SMILES string of the molecule is Cc1ccc(N2CC(C(=O)N(C)Cc3ccc(OC(F)F)cc3)CC2=O)cc1. The van der Waals surface area contributed by atoms with Crippen molar-refractivity contribution in [2.75, 3.05) is 18.5 Å². The minimum absolute atomic E-state index is 0.0656. The van der Waals surface area contributed by atoms with Crippen molar-refractivity contribution in [3.63, 3.8) is 0 Å². The van der Waals surface area contributed by atoms with Gasteiger partial charge in [0.15, 0.2) is 0 Å². The van der Waals surface area contributed by atoms with Crippen molar-refractivity contribution in [2.45, 2.75) is 26.5 Å². The summed E-state index contributed by atoms with van der Waals surface area (Å²) < 4.78 is 28.7. The highest BCUT2D eigenvalue weighted by Crippen LogP contribution is 2.27. The number of benzene rings is 2. The maximum absolute atomic E-state index is 12.8. The topological polar surface area (TPSA) is 49.9 Å². The van der Waals surface area contributed by atoms with Crippen LogP contribution in [0.2, 0.25) is 0 Å². The van der Waals surface area contributed by atoms with Gasteiger partial charge >= 0.3 is 6.61 Å². The normalized spacial score (nSPS) is 16.5. The van der Waals surface area contributed by atoms with Crippen molar-refractivity contribution in [1.82, 2.24) is 4.90 Å². The molecule has 3 rings (SSSR count). The van der Waals surface area contributed by atoms with Crippen LogP contribution < -0.4 is 9.64 Å². The van der Waals surface area contributed by atoms with Crippen molar-refractivity contribution in [3.8, 4) is 5.75 Å². The number of aryl methyl sites for hydroxylation is 1. The third kappa shape index (κ3) is 4.65. The molecule has 148 valence electrons. The fourth-order valence-corrected chi connectivity index (χ4v) is 3.29. The van der Waals surface area contributed by atoms with Crippen LogP contribution in [0, 0.1) is 12.8 Å². The van der Waals surface area contributed by atoms with E-state index in [1.54, 1.807) is 29.0 Å². The highest BCUT2D eigenvalue weighted by atomic mass is 19.3. The fraction of sp³-hybridized carbons (Fsp3) is 0.333. The Morgan fingerprint density at radius 1 is 1.18 bits per heavy atom. The van der Waals surface area contributed by atoms with E-state index in [2.05, 4.69) is 4.74 Å². The van der Waals surface area contributed by atoms with Crippen LogP contribution in [-0.4, -0.2) is 36.9 Å². The predicted octanol–water partition coefficient (Wildman–Crippen LogP) is 3.61. The second-order valence-corrected chi connectivity index (χ2v) is 6.96. The predicted molar refractivity (Wildman–Crippen MR) is 101 cm³/mol. The molecule has 1 saturated heterocycles. The number of halogens is 2. The van der Waals surface area contributed by atoms with Crippen LogP contribution in [0.1, 0.15) is 17.5 Å². The summed E-state index contributed by atoms with van der Waals surface area (Å²) in [5, 5.41) is 0. The first kappa shape index (κ1) is 19.8. The Labute approximate surface area is 162 Å². The molecule has 0 bridgehead atoms. The molecule has 1 aliphatic rings. The first-order chi connectivity index (χ1) is 13.3. The molecule has 28 heavy (non-hydrogen) atoms. The van der Waals surface area contributed by atoms with Gasteiger partial charge in [-0.05, 0) is 36.8 Å². The molecule has 0 spiro atoms. The van der Waals surface area contributed by atoms with Crippen molar-refractivity contribution >= 4 is 17.5 Å². The van der Waals surface area contributed by atoms with E-state index in [1.165, 1.54) is 12.1 Å². The maximum Gasteiger partial charge on any atom is 0.387 e. The number of rotatable bonds is 6. The number of carbonyl (C=O) groups is 2. The van der Waals surface area contributed by atoms with E-state index >= 15 is 0 Å². The molecule has 0 aromatic heterocycles. The van der Waals surface area contributed by atoms with Gasteiger partial charge in [-0.15, -0.1) is 0 Å². The van der Waals surface area contributed by atoms with Crippen molar-refractivity contribution in [1.29, 1.82) is 0 Å². The molecule has 1 aliphatic heterocycles. The van der Waals surface area contributed by atoms with Gasteiger partial charge in [0.2, 0.25) is 11.8 Å². The van der Waals surface area contributed by atoms with E-state index < -0.39 is 12.5 Å². The largest absolute Gasteiger partial charge is 0.435 e. The first-order valence-corrected chi connectivity index (χ1v) is 8.99. The molecule has 1 atom stereocenters. The number of ether oxygens (including phenoxy) is 1. The Morgan fingerprint density at radius 3 is 2.43 bits per heavy atom. The number of nitrogens with zero attached hydrogens (tertiary/aromatic N) is 2. The number of carbonyl (C=O) groups excluding carboxylic acids is 2. The van der Waals surface area contributed by atoms with Crippen LogP contribution >= 0.6 is 0 Å². The zero-order chi connectivity index (χ0) is 20.3. The van der Waals surface area contributed by atoms with Gasteiger partial charge in [0.05, 0.1) is 5.92 Å². The molecule has 1 heterocycles. The smallest absolute Gasteiger partial charge is 0.387 e. The van der Waals surface area contributed by atoms with Crippen LogP contribution in [0.5, 0.6) is 5.75 Å². The zero-order valence-electron chi connectivity index (χ0n) is 15.8. The molecule has 0 aliphatic carbocycles. The maximum atomic E-state index is 12.8. The highest BCUT2D eigenvalue weighted by molar-refractivity contribution is 6.00. The minimum atomic E-state index is -2.87. The van der Waals surface area contributed by atoms with Gasteiger partial charge in [-0.1, -0.05) is 29.8 Å². The van der Waals surface area contributed by atoms with Crippen LogP contribution in [-0.2, 0) is 16.1 Å². The first-order valence-electron chi connectivity index (χ1n) is 8.99. The van der Waals surface area contributed by atoms with E-state index in [4.69, 9.17) is 0 Å². The Balaban J connectivity index is 1.60. The molecule has 5 nitrogen and oxygen atoms in total. The Bertz CT molecular complexity index is 838. The number of anilines is 1. The Kier molecular flexibility index (Phi) is 5.92. The summed E-state index contributed by atoms with van der Waals surface area (Å²) in [6.07, 6.45) is 0.179. The van der Waals surface area contributed by atoms with Crippen LogP contribution in [0.3, 0.4) is 0 Å². The van der Waals surface area contributed by atoms with Crippen LogP contribution in [0.4, 0.5) is 14.5 Å². The number of alkyl halides is 2. The average molecular weight is 388 g/mol. The lowest BCUT2D eigenvalue weighted by atomic mass is 10.1. The molecule has 0 saturated carbocycles. The summed E-state index contributed by atoms with van der Waals surface area (Å²) in [5.74, 6) is -0.511. The summed E-state index contributed by atoms with van der Waals surface area (Å²) in [7, 11) is 1.67. The summed E-state index contributed by atoms with van der Waals surface area (Å²) in [5.41, 5.74) is 2.69. The van der Waals surface area contributed by atoms with Gasteiger partial charge in [0.1, 0.15) is 5.75 Å². The van der Waals surface area contributed by atoms with E-state index in [0.717, 1.165) is 16.8 Å². The van der Waals surface area contributed by atoms with Crippen molar-refractivity contribution in [3.05, 3.63) is 59.7 Å². The Morgan fingerprint density at radius 2 is 1.82 bits per heavy atom. The minimum Gasteiger partial charge on any atom is -0.435 e. The molecule has 2 aromatic rings. The molecule has 1 unspecified atom stereocenters. The van der Waals surface area contributed by atoms with Gasteiger partial charge in [0, 0.05) is 32.2 Å². The van der Waals surface area contributed by atoms with Crippen molar-refractivity contribution in [2.24, 2.45) is 5.92 Å². The highest BCUT2D eigenvalue weighted by Gasteiger charge is 2.36. The second-order valence-electron chi connectivity index (χ2n) is 6.96. The fourth-order valence-electron chi connectivity index (χ4n) is 3.29. The molecule has 2 aromatic carbocycles. The van der Waals surface area contributed by atoms with E-state index in [-0.39, 0.29) is 24.0 Å². The number of hydrogen-bond acceptors (Lipinski definition) is 3. The summed E-state index contributed by atoms with van der Waals surface area (Å²) >= 11 is 0. The standard InChI is InChI=1S/C21H22F2N2O3/c1-14-3-7-17(8-4-14)25-13-16(11-19(25)26)20(27)24(2)12-15-5-9-18(10-6-15)28-21(22)23/h3-10,16,21H,11-13H2,1-2H3. The molecule has 2 amide bonds. The molecule has 1 fully saturated rings. The lowest BCUT2D eigenvalue weighted by molar-refractivity contribution is -0.135. The van der Waals surface area contributed by atoms with E-state index in [1.807, 2.05) is 31.2 Å². The Hall–Kier alpha value is -2.96. The molecular formula is C21H22F2N2O3. The third-order valence-corrected chi connectivity index (χ3v) is 4.76. The van der Waals surface area contributed by atoms with E-state index in [0.29, 0.717) is 13.1 Å². The molecule has 0 radical (unpaired) electrons. The lowest BCUT2D eigenvalue weighted by Crippen LogP contribution is -2.34. The summed E-state index contributed by atoms with van der Waals surface area (Å²) in [6, 6.07) is 13.8. The van der Waals surface area contributed by atoms with Gasteiger partial charge in [0.25, 0.3) is 0 Å². The van der Waals surface area contributed by atoms with Gasteiger partial charge in [-0.3, -0.25) is 9.59 Å². The number of hydrogen-bond donors (Lipinski definition) is 0. The number of amides is 2. The summed E-state index contributed by atoms with van der Waals surface area (Å²) in [4.78, 5) is 28.3. The van der Waals surface area contributed by atoms with Gasteiger partial charge in [-0.25, -0.2) is 0 Å². The molecule has 7 heteroatoms. The van der Waals surface area contributed by atoms with Crippen LogP contribution in [0.15, 0.2) is 48.5 Å². The molecular weight excluding hydrogens is 366 g/mol. The van der Waals surface area contributed by atoms with Crippen molar-refractivity contribution < 1.29 is 23.1 Å². The lowest BCUT2D eigenvalue weighted by Gasteiger charge is -2.22. The van der Waals surface area contributed by atoms with Gasteiger partial charge < -0.3 is 14.5 Å². The van der Waals surface area contributed by atoms with Gasteiger partial charge in [-0.2, -0.15) is 8.78 Å². The average Bonchev–Trinajstić information content (AvgIpc) is 3.04. The summed E-state index contributed by atoms with van der Waals surface area (Å²) in [6.45, 7) is -0.218. The van der Waals surface area contributed by atoms with E-state index in [9.17, 15) is 18.4 Å². The van der Waals surface area contributed by atoms with Crippen LogP contribution in [0.25, 0.3) is 0 Å². The third-order valence-electron chi connectivity index (χ3n) is 4.76. The molecule has 0 N–H and O–H groups in total. The zero-order valence-corrected chi connectivity index (χ0v) is 15.8. The second kappa shape index (κ2) is 8.37. The quantitative estimate of drug-likeness (QED) is 0.760.